The molecular formula is C12H9ClN4. The predicted octanol–water partition coefficient (Wildman–Crippen LogP) is 2.76. The lowest BCUT2D eigenvalue weighted by atomic mass is 10.2. The van der Waals surface area contributed by atoms with Crippen molar-refractivity contribution >= 4 is 23.5 Å². The summed E-state index contributed by atoms with van der Waals surface area (Å²) in [7, 11) is 0. The molecule has 0 radical (unpaired) electrons. The molecule has 0 fully saturated rings. The normalized spacial score (nSPS) is 12.8. The first-order valence-electron chi connectivity index (χ1n) is 5.27. The first-order valence-corrected chi connectivity index (χ1v) is 5.65. The van der Waals surface area contributed by atoms with Crippen molar-refractivity contribution in [3.05, 3.63) is 34.7 Å². The molecule has 3 heterocycles. The van der Waals surface area contributed by atoms with E-state index in [2.05, 4.69) is 19.9 Å². The fourth-order valence-corrected chi connectivity index (χ4v) is 1.98. The van der Waals surface area contributed by atoms with Crippen LogP contribution in [0.2, 0.25) is 5.15 Å². The highest BCUT2D eigenvalue weighted by Gasteiger charge is 2.16. The van der Waals surface area contributed by atoms with Crippen LogP contribution in [-0.2, 0) is 6.42 Å². The minimum absolute atomic E-state index is 0.391. The average molecular weight is 245 g/mol. The van der Waals surface area contributed by atoms with Gasteiger partial charge in [-0.2, -0.15) is 0 Å². The highest BCUT2D eigenvalue weighted by Crippen LogP contribution is 2.31. The van der Waals surface area contributed by atoms with Gasteiger partial charge in [0, 0.05) is 18.3 Å². The number of aromatic nitrogens is 3. The second-order valence-corrected chi connectivity index (χ2v) is 4.17. The van der Waals surface area contributed by atoms with E-state index in [1.807, 2.05) is 25.1 Å². The van der Waals surface area contributed by atoms with Crippen LogP contribution in [0.5, 0.6) is 0 Å². The zero-order chi connectivity index (χ0) is 11.8. The molecule has 0 saturated carbocycles. The molecule has 0 atom stereocenters. The van der Waals surface area contributed by atoms with Crippen molar-refractivity contribution in [1.29, 1.82) is 0 Å². The molecule has 0 spiro atoms. The Labute approximate surface area is 103 Å². The Balaban J connectivity index is 2.14. The lowest BCUT2D eigenvalue weighted by molar-refractivity contribution is 1.07. The van der Waals surface area contributed by atoms with Crippen molar-refractivity contribution in [2.75, 3.05) is 0 Å². The third-order valence-corrected chi connectivity index (χ3v) is 2.80. The van der Waals surface area contributed by atoms with E-state index >= 15 is 0 Å². The maximum atomic E-state index is 6.07. The van der Waals surface area contributed by atoms with Gasteiger partial charge in [-0.25, -0.2) is 15.0 Å². The Morgan fingerprint density at radius 2 is 2.06 bits per heavy atom. The minimum Gasteiger partial charge on any atom is -0.256 e. The maximum absolute atomic E-state index is 6.07. The summed E-state index contributed by atoms with van der Waals surface area (Å²) in [5, 5.41) is 0.391. The number of pyridine rings is 1. The standard InChI is InChI=1S/C12H9ClN4/c1-7-3-2-4-9(15-7)12-16-8-5-6-14-10(8)11(13)17-12/h2-4,6H,5H2,1H3. The molecule has 4 nitrogen and oxygen atoms in total. The zero-order valence-electron chi connectivity index (χ0n) is 9.18. The van der Waals surface area contributed by atoms with Gasteiger partial charge in [0.05, 0.1) is 5.69 Å². The van der Waals surface area contributed by atoms with Gasteiger partial charge < -0.3 is 0 Å². The van der Waals surface area contributed by atoms with Crippen LogP contribution in [0.4, 0.5) is 5.69 Å². The van der Waals surface area contributed by atoms with E-state index in [-0.39, 0.29) is 0 Å². The van der Waals surface area contributed by atoms with E-state index in [9.17, 15) is 0 Å². The number of aliphatic imine (C=N–C) groups is 1. The van der Waals surface area contributed by atoms with Crippen molar-refractivity contribution in [3.8, 4) is 11.5 Å². The van der Waals surface area contributed by atoms with E-state index in [4.69, 9.17) is 11.6 Å². The van der Waals surface area contributed by atoms with Crippen molar-refractivity contribution < 1.29 is 0 Å². The van der Waals surface area contributed by atoms with Crippen molar-refractivity contribution in [2.24, 2.45) is 4.99 Å². The number of hydrogen-bond acceptors (Lipinski definition) is 4. The Hall–Kier alpha value is -1.81. The van der Waals surface area contributed by atoms with Crippen molar-refractivity contribution in [2.45, 2.75) is 13.3 Å². The highest BCUT2D eigenvalue weighted by atomic mass is 35.5. The van der Waals surface area contributed by atoms with E-state index < -0.39 is 0 Å². The number of fused-ring (bicyclic) bond motifs is 1. The third kappa shape index (κ3) is 1.80. The number of nitrogens with zero attached hydrogens (tertiary/aromatic N) is 4. The second kappa shape index (κ2) is 3.89. The van der Waals surface area contributed by atoms with Gasteiger partial charge in [0.1, 0.15) is 11.4 Å². The van der Waals surface area contributed by atoms with E-state index in [0.29, 0.717) is 23.1 Å². The van der Waals surface area contributed by atoms with Crippen molar-refractivity contribution in [1.82, 2.24) is 15.0 Å². The molecule has 0 aromatic carbocycles. The topological polar surface area (TPSA) is 51.0 Å². The van der Waals surface area contributed by atoms with Crippen LogP contribution in [0.25, 0.3) is 11.5 Å². The van der Waals surface area contributed by atoms with Gasteiger partial charge >= 0.3 is 0 Å². The molecule has 1 aliphatic heterocycles. The smallest absolute Gasteiger partial charge is 0.179 e. The monoisotopic (exact) mass is 244 g/mol. The molecule has 17 heavy (non-hydrogen) atoms. The van der Waals surface area contributed by atoms with Gasteiger partial charge in [-0.1, -0.05) is 17.7 Å². The lowest BCUT2D eigenvalue weighted by Crippen LogP contribution is -1.97. The van der Waals surface area contributed by atoms with E-state index in [0.717, 1.165) is 17.1 Å². The molecule has 1 aliphatic rings. The molecule has 2 aromatic heterocycles. The fraction of sp³-hybridized carbons (Fsp3) is 0.167. The first kappa shape index (κ1) is 10.4. The Morgan fingerprint density at radius 3 is 2.88 bits per heavy atom. The lowest BCUT2D eigenvalue weighted by Gasteiger charge is -2.04. The van der Waals surface area contributed by atoms with Gasteiger partial charge in [-0.15, -0.1) is 0 Å². The Morgan fingerprint density at radius 1 is 1.18 bits per heavy atom. The molecule has 0 aliphatic carbocycles. The van der Waals surface area contributed by atoms with Crippen LogP contribution in [0.1, 0.15) is 11.4 Å². The number of rotatable bonds is 1. The van der Waals surface area contributed by atoms with Gasteiger partial charge in [0.2, 0.25) is 0 Å². The molecular weight excluding hydrogens is 236 g/mol. The highest BCUT2D eigenvalue weighted by molar-refractivity contribution is 6.32. The van der Waals surface area contributed by atoms with Crippen LogP contribution in [-0.4, -0.2) is 21.2 Å². The van der Waals surface area contributed by atoms with Gasteiger partial charge in [-0.3, -0.25) is 4.99 Å². The summed E-state index contributed by atoms with van der Waals surface area (Å²) in [4.78, 5) is 17.2. The molecule has 2 aromatic rings. The molecule has 0 N–H and O–H groups in total. The number of hydrogen-bond donors (Lipinski definition) is 0. The number of halogens is 1. The summed E-state index contributed by atoms with van der Waals surface area (Å²) in [6.45, 7) is 1.93. The van der Waals surface area contributed by atoms with Crippen LogP contribution in [0, 0.1) is 6.92 Å². The summed E-state index contributed by atoms with van der Waals surface area (Å²) in [5.41, 5.74) is 3.21. The van der Waals surface area contributed by atoms with Gasteiger partial charge in [0.15, 0.2) is 11.0 Å². The zero-order valence-corrected chi connectivity index (χ0v) is 9.94. The van der Waals surface area contributed by atoms with E-state index in [1.165, 1.54) is 0 Å². The van der Waals surface area contributed by atoms with Crippen LogP contribution in [0.15, 0.2) is 23.2 Å². The van der Waals surface area contributed by atoms with Crippen LogP contribution in [0.3, 0.4) is 0 Å². The molecule has 0 bridgehead atoms. The SMILES string of the molecule is Cc1cccc(-c2nc(Cl)c3c(n2)CC=N3)n1. The molecule has 0 amide bonds. The summed E-state index contributed by atoms with van der Waals surface area (Å²) >= 11 is 6.07. The first-order chi connectivity index (χ1) is 8.24. The molecule has 0 unspecified atom stereocenters. The molecule has 0 saturated heterocycles. The molecule has 84 valence electrons. The van der Waals surface area contributed by atoms with Gasteiger partial charge in [0.25, 0.3) is 0 Å². The predicted molar refractivity (Wildman–Crippen MR) is 66.9 cm³/mol. The van der Waals surface area contributed by atoms with E-state index in [1.54, 1.807) is 6.21 Å². The quantitative estimate of drug-likeness (QED) is 0.725. The largest absolute Gasteiger partial charge is 0.256 e. The fourth-order valence-electron chi connectivity index (χ4n) is 1.75. The Kier molecular flexibility index (Phi) is 2.37. The summed E-state index contributed by atoms with van der Waals surface area (Å²) in [6.07, 6.45) is 2.50. The van der Waals surface area contributed by atoms with Crippen molar-refractivity contribution in [3.63, 3.8) is 0 Å². The Bertz CT molecular complexity index is 622. The van der Waals surface area contributed by atoms with Crippen LogP contribution >= 0.6 is 11.6 Å². The number of aryl methyl sites for hydroxylation is 1. The summed E-state index contributed by atoms with van der Waals surface area (Å²) in [6, 6.07) is 5.74. The molecule has 3 rings (SSSR count). The second-order valence-electron chi connectivity index (χ2n) is 3.81. The summed E-state index contributed by atoms with van der Waals surface area (Å²) in [5.74, 6) is 0.558. The van der Waals surface area contributed by atoms with Crippen LogP contribution < -0.4 is 0 Å². The molecule has 5 heteroatoms. The maximum Gasteiger partial charge on any atom is 0.179 e. The third-order valence-electron chi connectivity index (χ3n) is 2.54. The average Bonchev–Trinajstić information content (AvgIpc) is 2.77. The summed E-state index contributed by atoms with van der Waals surface area (Å²) < 4.78 is 0. The van der Waals surface area contributed by atoms with Gasteiger partial charge in [-0.05, 0) is 19.1 Å². The minimum atomic E-state index is 0.391.